The highest BCUT2D eigenvalue weighted by molar-refractivity contribution is 7.98. The third-order valence-corrected chi connectivity index (χ3v) is 3.55. The first-order chi connectivity index (χ1) is 9.60. The number of rotatable bonds is 4. The maximum Gasteiger partial charge on any atom is 0.185 e. The zero-order valence-corrected chi connectivity index (χ0v) is 11.7. The van der Waals surface area contributed by atoms with E-state index in [2.05, 4.69) is 0 Å². The van der Waals surface area contributed by atoms with Gasteiger partial charge in [-0.2, -0.15) is 0 Å². The fourth-order valence-electron chi connectivity index (χ4n) is 1.69. The third kappa shape index (κ3) is 3.42. The summed E-state index contributed by atoms with van der Waals surface area (Å²) >= 11 is 1.62. The van der Waals surface area contributed by atoms with Gasteiger partial charge in [0.15, 0.2) is 5.78 Å². The molecule has 0 radical (unpaired) electrons. The van der Waals surface area contributed by atoms with Gasteiger partial charge >= 0.3 is 0 Å². The first kappa shape index (κ1) is 14.2. The second-order valence-electron chi connectivity index (χ2n) is 4.17. The van der Waals surface area contributed by atoms with Gasteiger partial charge in [-0.15, -0.1) is 11.8 Å². The first-order valence-electron chi connectivity index (χ1n) is 5.98. The van der Waals surface area contributed by atoms with E-state index in [0.717, 1.165) is 4.90 Å². The molecule has 20 heavy (non-hydrogen) atoms. The molecule has 0 bridgehead atoms. The van der Waals surface area contributed by atoms with Gasteiger partial charge in [0.05, 0.1) is 0 Å². The monoisotopic (exact) mass is 286 g/mol. The molecule has 0 heterocycles. The average Bonchev–Trinajstić information content (AvgIpc) is 2.46. The fourth-order valence-corrected chi connectivity index (χ4v) is 2.10. The number of aromatic hydroxyl groups is 2. The van der Waals surface area contributed by atoms with E-state index < -0.39 is 0 Å². The highest BCUT2D eigenvalue weighted by Crippen LogP contribution is 2.23. The minimum absolute atomic E-state index is 0.0152. The van der Waals surface area contributed by atoms with Crippen molar-refractivity contribution < 1.29 is 15.0 Å². The SMILES string of the molecule is CSc1ccc(C(=O)C=Cc2ccc(O)cc2O)cc1. The number of phenolic OH excluding ortho intramolecular Hbond substituents is 2. The van der Waals surface area contributed by atoms with Crippen molar-refractivity contribution in [2.45, 2.75) is 4.90 Å². The molecule has 0 aliphatic heterocycles. The fraction of sp³-hybridized carbons (Fsp3) is 0.0625. The Morgan fingerprint density at radius 2 is 1.80 bits per heavy atom. The van der Waals surface area contributed by atoms with E-state index in [1.54, 1.807) is 30.0 Å². The Bertz CT molecular complexity index is 645. The second-order valence-corrected chi connectivity index (χ2v) is 5.05. The number of ketones is 1. The van der Waals surface area contributed by atoms with Crippen LogP contribution in [0.1, 0.15) is 15.9 Å². The van der Waals surface area contributed by atoms with Crippen LogP contribution in [0.5, 0.6) is 11.5 Å². The van der Waals surface area contributed by atoms with E-state index in [4.69, 9.17) is 0 Å². The van der Waals surface area contributed by atoms with Crippen LogP contribution in [0.3, 0.4) is 0 Å². The smallest absolute Gasteiger partial charge is 0.185 e. The van der Waals surface area contributed by atoms with Crippen LogP contribution in [0.2, 0.25) is 0 Å². The van der Waals surface area contributed by atoms with Gasteiger partial charge in [0.1, 0.15) is 11.5 Å². The molecule has 0 saturated carbocycles. The van der Waals surface area contributed by atoms with Gasteiger partial charge in [-0.25, -0.2) is 0 Å². The van der Waals surface area contributed by atoms with E-state index in [-0.39, 0.29) is 17.3 Å². The Balaban J connectivity index is 2.15. The van der Waals surface area contributed by atoms with Crippen LogP contribution in [0.25, 0.3) is 6.08 Å². The number of hydrogen-bond acceptors (Lipinski definition) is 4. The molecule has 0 atom stereocenters. The summed E-state index contributed by atoms with van der Waals surface area (Å²) < 4.78 is 0. The Morgan fingerprint density at radius 1 is 1.10 bits per heavy atom. The Morgan fingerprint density at radius 3 is 2.40 bits per heavy atom. The zero-order valence-electron chi connectivity index (χ0n) is 10.9. The predicted molar refractivity (Wildman–Crippen MR) is 81.4 cm³/mol. The van der Waals surface area contributed by atoms with E-state index >= 15 is 0 Å². The first-order valence-corrected chi connectivity index (χ1v) is 7.21. The number of benzene rings is 2. The molecule has 4 heteroatoms. The van der Waals surface area contributed by atoms with Crippen molar-refractivity contribution in [2.24, 2.45) is 0 Å². The lowest BCUT2D eigenvalue weighted by atomic mass is 10.1. The van der Waals surface area contributed by atoms with Crippen LogP contribution in [-0.2, 0) is 0 Å². The maximum absolute atomic E-state index is 12.0. The van der Waals surface area contributed by atoms with Crippen LogP contribution < -0.4 is 0 Å². The molecule has 0 aliphatic carbocycles. The van der Waals surface area contributed by atoms with Crippen LogP contribution in [0.4, 0.5) is 0 Å². The molecule has 0 fully saturated rings. The van der Waals surface area contributed by atoms with Crippen molar-refractivity contribution in [1.82, 2.24) is 0 Å². The molecule has 0 aromatic heterocycles. The van der Waals surface area contributed by atoms with Crippen LogP contribution >= 0.6 is 11.8 Å². The molecule has 2 aromatic rings. The van der Waals surface area contributed by atoms with Gasteiger partial charge in [0.2, 0.25) is 0 Å². The molecule has 0 saturated heterocycles. The van der Waals surface area contributed by atoms with Gasteiger partial charge in [-0.1, -0.05) is 0 Å². The van der Waals surface area contributed by atoms with Crippen LogP contribution in [0, 0.1) is 0 Å². The predicted octanol–water partition coefficient (Wildman–Crippen LogP) is 3.72. The molecule has 0 aliphatic rings. The van der Waals surface area contributed by atoms with Crippen molar-refractivity contribution in [3.8, 4) is 11.5 Å². The van der Waals surface area contributed by atoms with E-state index in [9.17, 15) is 15.0 Å². The highest BCUT2D eigenvalue weighted by atomic mass is 32.2. The number of hydrogen-bond donors (Lipinski definition) is 2. The van der Waals surface area contributed by atoms with Crippen LogP contribution in [-0.4, -0.2) is 22.3 Å². The lowest BCUT2D eigenvalue weighted by Gasteiger charge is -2.00. The summed E-state index contributed by atoms with van der Waals surface area (Å²) in [5.41, 5.74) is 1.08. The molecule has 0 amide bonds. The molecule has 2 rings (SSSR count). The molecular weight excluding hydrogens is 272 g/mol. The van der Waals surface area contributed by atoms with Gasteiger partial charge in [-0.05, 0) is 54.8 Å². The molecule has 2 N–H and O–H groups in total. The number of carbonyl (C=O) groups is 1. The molecule has 2 aromatic carbocycles. The summed E-state index contributed by atoms with van der Waals surface area (Å²) in [5.74, 6) is -0.212. The third-order valence-electron chi connectivity index (χ3n) is 2.80. The molecule has 0 unspecified atom stereocenters. The minimum Gasteiger partial charge on any atom is -0.508 e. The lowest BCUT2D eigenvalue weighted by molar-refractivity contribution is 0.104. The average molecular weight is 286 g/mol. The van der Waals surface area contributed by atoms with E-state index in [1.807, 2.05) is 18.4 Å². The molecule has 3 nitrogen and oxygen atoms in total. The second kappa shape index (κ2) is 6.30. The summed E-state index contributed by atoms with van der Waals surface area (Å²) in [4.78, 5) is 13.1. The van der Waals surface area contributed by atoms with E-state index in [0.29, 0.717) is 11.1 Å². The van der Waals surface area contributed by atoms with Gasteiger partial charge in [-0.3, -0.25) is 4.79 Å². The number of allylic oxidation sites excluding steroid dienone is 1. The van der Waals surface area contributed by atoms with Gasteiger partial charge in [0, 0.05) is 22.1 Å². The number of thioether (sulfide) groups is 1. The van der Waals surface area contributed by atoms with Crippen molar-refractivity contribution in [1.29, 1.82) is 0 Å². The Labute approximate surface area is 121 Å². The summed E-state index contributed by atoms with van der Waals surface area (Å²) in [5, 5.41) is 18.8. The van der Waals surface area contributed by atoms with Crippen LogP contribution in [0.15, 0.2) is 53.4 Å². The topological polar surface area (TPSA) is 57.5 Å². The summed E-state index contributed by atoms with van der Waals surface area (Å²) in [6.45, 7) is 0. The Hall–Kier alpha value is -2.20. The highest BCUT2D eigenvalue weighted by Gasteiger charge is 2.03. The minimum atomic E-state index is -0.134. The number of carbonyl (C=O) groups excluding carboxylic acids is 1. The quantitative estimate of drug-likeness (QED) is 0.511. The van der Waals surface area contributed by atoms with Crippen molar-refractivity contribution in [2.75, 3.05) is 6.26 Å². The lowest BCUT2D eigenvalue weighted by Crippen LogP contribution is -1.93. The maximum atomic E-state index is 12.0. The summed E-state index contributed by atoms with van der Waals surface area (Å²) in [6, 6.07) is 11.6. The van der Waals surface area contributed by atoms with Gasteiger partial charge in [0.25, 0.3) is 0 Å². The standard InChI is InChI=1S/C16H14O3S/c1-20-14-7-3-11(4-8-14)15(18)9-5-12-2-6-13(17)10-16(12)19/h2-10,17,19H,1H3. The van der Waals surface area contributed by atoms with Crippen molar-refractivity contribution in [3.05, 3.63) is 59.7 Å². The number of phenols is 2. The Kier molecular flexibility index (Phi) is 4.48. The normalized spacial score (nSPS) is 10.8. The summed E-state index contributed by atoms with van der Waals surface area (Å²) in [6.07, 6.45) is 4.91. The zero-order chi connectivity index (χ0) is 14.5. The molecule has 0 spiro atoms. The largest absolute Gasteiger partial charge is 0.508 e. The molecule has 102 valence electrons. The van der Waals surface area contributed by atoms with Crippen molar-refractivity contribution in [3.63, 3.8) is 0 Å². The summed E-state index contributed by atoms with van der Waals surface area (Å²) in [7, 11) is 0. The molecular formula is C16H14O3S. The van der Waals surface area contributed by atoms with Gasteiger partial charge < -0.3 is 10.2 Å². The van der Waals surface area contributed by atoms with Crippen molar-refractivity contribution >= 4 is 23.6 Å². The van der Waals surface area contributed by atoms with E-state index in [1.165, 1.54) is 24.3 Å².